The third kappa shape index (κ3) is 3.55. The van der Waals surface area contributed by atoms with Crippen LogP contribution in [0.3, 0.4) is 0 Å². The lowest BCUT2D eigenvalue weighted by molar-refractivity contribution is 0.102. The number of hydrogen-bond donors (Lipinski definition) is 2. The molecule has 2 N–H and O–H groups in total. The fourth-order valence-electron chi connectivity index (χ4n) is 2.95. The molecule has 4 rings (SSSR count). The fraction of sp³-hybridized carbons (Fsp3) is 0.0476. The Balaban J connectivity index is 1.69. The molecule has 0 saturated carbocycles. The lowest BCUT2D eigenvalue weighted by Crippen LogP contribution is -2.39. The van der Waals surface area contributed by atoms with E-state index in [2.05, 4.69) is 10.3 Å². The molecule has 0 unspecified atom stereocenters. The molecule has 8 nitrogen and oxygen atoms in total. The molecule has 2 heterocycles. The second-order valence-electron chi connectivity index (χ2n) is 6.43. The van der Waals surface area contributed by atoms with Crippen molar-refractivity contribution in [2.75, 3.05) is 5.32 Å². The molecule has 0 bridgehead atoms. The van der Waals surface area contributed by atoms with Crippen molar-refractivity contribution in [1.29, 1.82) is 0 Å². The molecular formula is C21H14FN3O5. The Bertz CT molecular complexity index is 1450. The second-order valence-corrected chi connectivity index (χ2v) is 6.43. The van der Waals surface area contributed by atoms with Crippen LogP contribution in [0.4, 0.5) is 10.1 Å². The van der Waals surface area contributed by atoms with Gasteiger partial charge in [0, 0.05) is 17.1 Å². The Morgan fingerprint density at radius 2 is 1.80 bits per heavy atom. The lowest BCUT2D eigenvalue weighted by Gasteiger charge is -2.08. The van der Waals surface area contributed by atoms with Gasteiger partial charge in [-0.3, -0.25) is 14.2 Å². The van der Waals surface area contributed by atoms with Crippen LogP contribution in [0.1, 0.15) is 15.9 Å². The first-order valence-corrected chi connectivity index (χ1v) is 8.84. The SMILES string of the molecule is O=C(Nc1cc2ccccc2oc1=O)c1c[nH]c(=O)n(Cc2ccccc2F)c1=O. The number of anilines is 1. The summed E-state index contributed by atoms with van der Waals surface area (Å²) in [7, 11) is 0. The molecule has 0 radical (unpaired) electrons. The molecule has 0 fully saturated rings. The molecule has 0 atom stereocenters. The normalized spacial score (nSPS) is 10.8. The molecule has 2 aromatic heterocycles. The Labute approximate surface area is 167 Å². The standard InChI is InChI=1S/C21H14FN3O5/c22-15-7-3-1-6-13(15)11-25-19(27)14(10-23-21(25)29)18(26)24-16-9-12-5-2-4-8-17(12)30-20(16)28/h1-10H,11H2,(H,23,29)(H,24,26). The monoisotopic (exact) mass is 407 g/mol. The van der Waals surface area contributed by atoms with Gasteiger partial charge in [-0.1, -0.05) is 36.4 Å². The van der Waals surface area contributed by atoms with Gasteiger partial charge in [0.15, 0.2) is 0 Å². The predicted molar refractivity (Wildman–Crippen MR) is 107 cm³/mol. The van der Waals surface area contributed by atoms with Gasteiger partial charge < -0.3 is 14.7 Å². The highest BCUT2D eigenvalue weighted by atomic mass is 19.1. The number of benzene rings is 2. The highest BCUT2D eigenvalue weighted by Crippen LogP contribution is 2.15. The molecule has 0 saturated heterocycles. The summed E-state index contributed by atoms with van der Waals surface area (Å²) in [5.41, 5.74) is -2.65. The van der Waals surface area contributed by atoms with E-state index >= 15 is 0 Å². The van der Waals surface area contributed by atoms with Gasteiger partial charge in [0.05, 0.1) is 6.54 Å². The highest BCUT2D eigenvalue weighted by molar-refractivity contribution is 6.04. The van der Waals surface area contributed by atoms with Crippen molar-refractivity contribution in [3.05, 3.63) is 109 Å². The third-order valence-electron chi connectivity index (χ3n) is 4.48. The molecule has 0 spiro atoms. The van der Waals surface area contributed by atoms with Crippen molar-refractivity contribution in [2.45, 2.75) is 6.54 Å². The summed E-state index contributed by atoms with van der Waals surface area (Å²) >= 11 is 0. The van der Waals surface area contributed by atoms with E-state index in [0.29, 0.717) is 15.5 Å². The van der Waals surface area contributed by atoms with Crippen molar-refractivity contribution in [3.63, 3.8) is 0 Å². The molecule has 9 heteroatoms. The number of aromatic amines is 1. The zero-order valence-electron chi connectivity index (χ0n) is 15.3. The number of amides is 1. The van der Waals surface area contributed by atoms with E-state index in [-0.39, 0.29) is 17.8 Å². The molecular weight excluding hydrogens is 393 g/mol. The van der Waals surface area contributed by atoms with E-state index in [9.17, 15) is 23.6 Å². The van der Waals surface area contributed by atoms with Crippen molar-refractivity contribution >= 4 is 22.6 Å². The topological polar surface area (TPSA) is 114 Å². The number of hydrogen-bond acceptors (Lipinski definition) is 5. The summed E-state index contributed by atoms with van der Waals surface area (Å²) in [5.74, 6) is -1.51. The van der Waals surface area contributed by atoms with E-state index in [1.807, 2.05) is 0 Å². The molecule has 30 heavy (non-hydrogen) atoms. The minimum absolute atomic E-state index is 0.109. The zero-order valence-corrected chi connectivity index (χ0v) is 15.3. The van der Waals surface area contributed by atoms with Crippen LogP contribution < -0.4 is 22.2 Å². The number of carbonyl (C=O) groups excluding carboxylic acids is 1. The average Bonchev–Trinajstić information content (AvgIpc) is 2.73. The number of nitrogens with one attached hydrogen (secondary N) is 2. The Morgan fingerprint density at radius 1 is 1.07 bits per heavy atom. The Hall–Kier alpha value is -4.27. The van der Waals surface area contributed by atoms with Gasteiger partial charge in [-0.05, 0) is 18.2 Å². The van der Waals surface area contributed by atoms with Crippen molar-refractivity contribution in [1.82, 2.24) is 9.55 Å². The molecule has 0 aliphatic heterocycles. The summed E-state index contributed by atoms with van der Waals surface area (Å²) in [6.45, 7) is -0.361. The molecule has 1 amide bonds. The maximum atomic E-state index is 13.9. The van der Waals surface area contributed by atoms with Gasteiger partial charge in [-0.25, -0.2) is 14.0 Å². The fourth-order valence-corrected chi connectivity index (χ4v) is 2.95. The van der Waals surface area contributed by atoms with Crippen molar-refractivity contribution in [2.24, 2.45) is 0 Å². The van der Waals surface area contributed by atoms with Gasteiger partial charge in [-0.2, -0.15) is 0 Å². The Kier molecular flexibility index (Phi) is 4.85. The summed E-state index contributed by atoms with van der Waals surface area (Å²) in [6.07, 6.45) is 0.945. The summed E-state index contributed by atoms with van der Waals surface area (Å²) in [4.78, 5) is 51.8. The van der Waals surface area contributed by atoms with E-state index in [4.69, 9.17) is 4.42 Å². The number of carbonyl (C=O) groups is 1. The van der Waals surface area contributed by atoms with Crippen molar-refractivity contribution < 1.29 is 13.6 Å². The molecule has 2 aromatic carbocycles. The van der Waals surface area contributed by atoms with Crippen LogP contribution in [0.15, 0.2) is 79.6 Å². The van der Waals surface area contributed by atoms with Crippen LogP contribution in [0, 0.1) is 5.82 Å². The Morgan fingerprint density at radius 3 is 2.60 bits per heavy atom. The predicted octanol–water partition coefficient (Wildman–Crippen LogP) is 2.08. The number of para-hydroxylation sites is 1. The van der Waals surface area contributed by atoms with Crippen molar-refractivity contribution in [3.8, 4) is 0 Å². The van der Waals surface area contributed by atoms with Gasteiger partial charge in [-0.15, -0.1) is 0 Å². The van der Waals surface area contributed by atoms with Crippen LogP contribution in [-0.4, -0.2) is 15.5 Å². The molecule has 4 aromatic rings. The van der Waals surface area contributed by atoms with Gasteiger partial charge in [0.25, 0.3) is 11.5 Å². The first-order chi connectivity index (χ1) is 14.4. The van der Waals surface area contributed by atoms with Crippen LogP contribution in [-0.2, 0) is 6.54 Å². The van der Waals surface area contributed by atoms with Crippen LogP contribution in [0.2, 0.25) is 0 Å². The summed E-state index contributed by atoms with van der Waals surface area (Å²) < 4.78 is 19.8. The van der Waals surface area contributed by atoms with Gasteiger partial charge in [0.1, 0.15) is 22.7 Å². The van der Waals surface area contributed by atoms with E-state index in [1.54, 1.807) is 30.3 Å². The number of rotatable bonds is 4. The summed E-state index contributed by atoms with van der Waals surface area (Å²) in [5, 5.41) is 2.90. The van der Waals surface area contributed by atoms with E-state index < -0.39 is 34.2 Å². The first kappa shape index (κ1) is 19.1. The molecule has 0 aliphatic rings. The zero-order chi connectivity index (χ0) is 21.3. The highest BCUT2D eigenvalue weighted by Gasteiger charge is 2.18. The van der Waals surface area contributed by atoms with Crippen LogP contribution in [0.25, 0.3) is 11.0 Å². The molecule has 150 valence electrons. The van der Waals surface area contributed by atoms with E-state index in [0.717, 1.165) is 6.20 Å². The minimum atomic E-state index is -0.926. The maximum Gasteiger partial charge on any atom is 0.360 e. The third-order valence-corrected chi connectivity index (χ3v) is 4.48. The number of aromatic nitrogens is 2. The number of nitrogens with zero attached hydrogens (tertiary/aromatic N) is 1. The largest absolute Gasteiger partial charge is 0.421 e. The first-order valence-electron chi connectivity index (χ1n) is 8.84. The van der Waals surface area contributed by atoms with Gasteiger partial charge in [0.2, 0.25) is 0 Å². The maximum absolute atomic E-state index is 13.9. The lowest BCUT2D eigenvalue weighted by atomic mass is 10.2. The molecule has 0 aliphatic carbocycles. The minimum Gasteiger partial charge on any atom is -0.421 e. The van der Waals surface area contributed by atoms with Gasteiger partial charge >= 0.3 is 11.3 Å². The van der Waals surface area contributed by atoms with Crippen LogP contribution in [0.5, 0.6) is 0 Å². The van der Waals surface area contributed by atoms with E-state index in [1.165, 1.54) is 24.3 Å². The van der Waals surface area contributed by atoms with Crippen LogP contribution >= 0.6 is 0 Å². The smallest absolute Gasteiger partial charge is 0.360 e. The average molecular weight is 407 g/mol. The number of halogens is 1. The summed E-state index contributed by atoms with van der Waals surface area (Å²) in [6, 6.07) is 13.8. The second kappa shape index (κ2) is 7.63. The number of H-pyrrole nitrogens is 1. The number of fused-ring (bicyclic) bond motifs is 1. The quantitative estimate of drug-likeness (QED) is 0.503.